The van der Waals surface area contributed by atoms with Crippen LogP contribution in [0.5, 0.6) is 0 Å². The molecule has 16 nitrogen and oxygen atoms in total. The molecule has 11 N–H and O–H groups in total. The number of amides is 4. The van der Waals surface area contributed by atoms with Gasteiger partial charge in [0.05, 0.1) is 18.5 Å². The minimum Gasteiger partial charge on any atom is -0.481 e. The Kier molecular flexibility index (Phi) is 16.2. The highest BCUT2D eigenvalue weighted by molar-refractivity contribution is 5.96. The molecule has 1 aromatic heterocycles. The molecule has 1 aromatic carbocycles. The monoisotopic (exact) mass is 673 g/mol. The van der Waals surface area contributed by atoms with E-state index in [1.807, 2.05) is 24.3 Å². The van der Waals surface area contributed by atoms with E-state index in [1.165, 1.54) is 0 Å². The molecule has 0 unspecified atom stereocenters. The number of carboxylic acids is 2. The highest BCUT2D eigenvalue weighted by Gasteiger charge is 2.32. The van der Waals surface area contributed by atoms with Crippen molar-refractivity contribution < 1.29 is 43.8 Å². The molecule has 1 heterocycles. The van der Waals surface area contributed by atoms with Gasteiger partial charge in [0.15, 0.2) is 0 Å². The number of hydrogen-bond acceptors (Lipinski definition) is 9. The molecule has 5 atom stereocenters. The van der Waals surface area contributed by atoms with Crippen LogP contribution in [0.4, 0.5) is 0 Å². The number of carbonyl (C=O) groups is 7. The number of hydrogen-bond donors (Lipinski definition) is 9. The lowest BCUT2D eigenvalue weighted by Crippen LogP contribution is -2.58. The van der Waals surface area contributed by atoms with Crippen LogP contribution in [0.1, 0.15) is 64.4 Å². The molecule has 2 aromatic rings. The molecule has 0 bridgehead atoms. The van der Waals surface area contributed by atoms with Gasteiger partial charge < -0.3 is 52.7 Å². The molecule has 0 radical (unpaired) electrons. The minimum atomic E-state index is -1.64. The first-order valence-corrected chi connectivity index (χ1v) is 15.9. The summed E-state index contributed by atoms with van der Waals surface area (Å²) in [4.78, 5) is 90.3. The Morgan fingerprint density at radius 3 is 2.08 bits per heavy atom. The first-order chi connectivity index (χ1) is 22.7. The van der Waals surface area contributed by atoms with Crippen LogP contribution in [0.25, 0.3) is 10.9 Å². The van der Waals surface area contributed by atoms with Gasteiger partial charge in [0.1, 0.15) is 24.4 Å². The van der Waals surface area contributed by atoms with Gasteiger partial charge in [0, 0.05) is 29.9 Å². The van der Waals surface area contributed by atoms with Gasteiger partial charge in [-0.25, -0.2) is 0 Å². The van der Waals surface area contributed by atoms with Crippen molar-refractivity contribution in [2.75, 3.05) is 6.54 Å². The van der Waals surface area contributed by atoms with Gasteiger partial charge >= 0.3 is 11.9 Å². The zero-order chi connectivity index (χ0) is 35.8. The van der Waals surface area contributed by atoms with E-state index >= 15 is 0 Å². The van der Waals surface area contributed by atoms with E-state index in [-0.39, 0.29) is 38.0 Å². The van der Waals surface area contributed by atoms with Gasteiger partial charge in [-0.2, -0.15) is 0 Å². The van der Waals surface area contributed by atoms with E-state index in [1.54, 1.807) is 20.0 Å². The highest BCUT2D eigenvalue weighted by Crippen LogP contribution is 2.19. The molecule has 0 spiro atoms. The molecule has 0 saturated carbocycles. The maximum absolute atomic E-state index is 13.4. The van der Waals surface area contributed by atoms with E-state index in [4.69, 9.17) is 16.6 Å². The van der Waals surface area contributed by atoms with Gasteiger partial charge in [0.25, 0.3) is 0 Å². The topological polar surface area (TPSA) is 276 Å². The van der Waals surface area contributed by atoms with Crippen molar-refractivity contribution in [1.82, 2.24) is 26.3 Å². The number of carbonyl (C=O) groups excluding carboxylic acids is 5. The van der Waals surface area contributed by atoms with E-state index in [0.717, 1.165) is 16.5 Å². The number of benzene rings is 1. The maximum atomic E-state index is 13.4. The van der Waals surface area contributed by atoms with Crippen LogP contribution in [0.15, 0.2) is 30.5 Å². The van der Waals surface area contributed by atoms with E-state index in [9.17, 15) is 38.7 Å². The third kappa shape index (κ3) is 13.1. The Morgan fingerprint density at radius 1 is 0.833 bits per heavy atom. The zero-order valence-corrected chi connectivity index (χ0v) is 27.2. The fraction of sp³-hybridized carbons (Fsp3) is 0.531. The predicted molar refractivity (Wildman–Crippen MR) is 175 cm³/mol. The Hall–Kier alpha value is -4.83. The lowest BCUT2D eigenvalue weighted by Gasteiger charge is -2.26. The van der Waals surface area contributed by atoms with Crippen LogP contribution in [0.3, 0.4) is 0 Å². The number of nitrogens with two attached hydrogens (primary N) is 2. The maximum Gasteiger partial charge on any atom is 0.305 e. The minimum absolute atomic E-state index is 0.0955. The van der Waals surface area contributed by atoms with E-state index in [2.05, 4.69) is 26.3 Å². The Labute approximate surface area is 278 Å². The van der Waals surface area contributed by atoms with Crippen LogP contribution in [-0.2, 0) is 40.0 Å². The third-order valence-electron chi connectivity index (χ3n) is 7.54. The summed E-state index contributed by atoms with van der Waals surface area (Å²) in [6.45, 7) is 3.86. The molecule has 0 saturated heterocycles. The molecular formula is C32H47N7O9. The summed E-state index contributed by atoms with van der Waals surface area (Å²) in [6.07, 6.45) is 2.26. The van der Waals surface area contributed by atoms with Crippen LogP contribution < -0.4 is 32.7 Å². The number of carboxylic acid groups (broad SMARTS) is 2. The molecule has 4 amide bonds. The highest BCUT2D eigenvalue weighted by atomic mass is 16.4. The van der Waals surface area contributed by atoms with E-state index < -0.39 is 72.2 Å². The quantitative estimate of drug-likeness (QED) is 0.0577. The number of unbranched alkanes of at least 4 members (excludes halogenated alkanes) is 1. The number of aromatic amines is 1. The Morgan fingerprint density at radius 2 is 1.46 bits per heavy atom. The first kappa shape index (κ1) is 39.3. The van der Waals surface area contributed by atoms with Crippen molar-refractivity contribution in [2.24, 2.45) is 17.4 Å². The Bertz CT molecular complexity index is 1430. The van der Waals surface area contributed by atoms with E-state index in [0.29, 0.717) is 25.7 Å². The van der Waals surface area contributed by atoms with Crippen LogP contribution in [-0.4, -0.2) is 93.8 Å². The first-order valence-electron chi connectivity index (χ1n) is 15.9. The normalized spacial score (nSPS) is 14.3. The number of fused-ring (bicyclic) bond motifs is 1. The third-order valence-corrected chi connectivity index (χ3v) is 7.54. The molecule has 0 aliphatic carbocycles. The molecule has 48 heavy (non-hydrogen) atoms. The SMILES string of the molecule is CC(C)C[C@H](NC(=O)[C@@H](N)CCC(=O)O)C(=O)N[C@@H](CC(=O)O)C(=O)N[C@@H](CCCCN)C(=O)N[C@H](C=O)Cc1c[nH]c2ccccc12. The summed E-state index contributed by atoms with van der Waals surface area (Å²) in [5.74, 6) is -6.00. The fourth-order valence-corrected chi connectivity index (χ4v) is 5.04. The van der Waals surface area contributed by atoms with Crippen LogP contribution >= 0.6 is 0 Å². The summed E-state index contributed by atoms with van der Waals surface area (Å²) >= 11 is 0. The largest absolute Gasteiger partial charge is 0.481 e. The van der Waals surface area contributed by atoms with Gasteiger partial charge in [-0.05, 0) is 56.2 Å². The van der Waals surface area contributed by atoms with Crippen molar-refractivity contribution in [1.29, 1.82) is 0 Å². The lowest BCUT2D eigenvalue weighted by molar-refractivity contribution is -0.142. The smallest absolute Gasteiger partial charge is 0.305 e. The van der Waals surface area contributed by atoms with Gasteiger partial charge in [-0.1, -0.05) is 32.0 Å². The van der Waals surface area contributed by atoms with Crippen LogP contribution in [0, 0.1) is 5.92 Å². The summed E-state index contributed by atoms with van der Waals surface area (Å²) < 4.78 is 0. The number of para-hydroxylation sites is 1. The number of nitrogens with one attached hydrogen (secondary N) is 5. The molecule has 0 fully saturated rings. The number of aliphatic carboxylic acids is 2. The number of aldehydes is 1. The summed E-state index contributed by atoms with van der Waals surface area (Å²) in [7, 11) is 0. The van der Waals surface area contributed by atoms with Crippen LogP contribution in [0.2, 0.25) is 0 Å². The van der Waals surface area contributed by atoms with Crippen molar-refractivity contribution in [3.05, 3.63) is 36.0 Å². The second kappa shape index (κ2) is 19.7. The fourth-order valence-electron chi connectivity index (χ4n) is 5.04. The average Bonchev–Trinajstić information content (AvgIpc) is 3.44. The zero-order valence-electron chi connectivity index (χ0n) is 27.2. The lowest BCUT2D eigenvalue weighted by atomic mass is 10.0. The Balaban J connectivity index is 2.20. The molecule has 2 rings (SSSR count). The van der Waals surface area contributed by atoms with Gasteiger partial charge in [-0.3, -0.25) is 28.8 Å². The number of H-pyrrole nitrogens is 1. The molecule has 0 aliphatic rings. The molecular weight excluding hydrogens is 626 g/mol. The second-order valence-corrected chi connectivity index (χ2v) is 12.0. The van der Waals surface area contributed by atoms with Crippen molar-refractivity contribution in [3.63, 3.8) is 0 Å². The number of rotatable bonds is 22. The van der Waals surface area contributed by atoms with Crippen molar-refractivity contribution in [2.45, 2.75) is 95.4 Å². The standard InChI is InChI=1S/C32H47N7O9/c1-18(2)13-25(38-29(45)22(34)10-11-27(41)42)31(47)39-26(15-28(43)44)32(48)37-24(9-5-6-12-33)30(46)36-20(17-40)14-19-16-35-23-8-4-3-7-21(19)23/h3-4,7-8,16-18,20,22,24-26,35H,5-6,9-15,33-34H2,1-2H3,(H,36,46)(H,37,48)(H,38,45)(H,39,47)(H,41,42)(H,43,44)/t20-,22-,24-,25-,26-/m0/s1. The summed E-state index contributed by atoms with van der Waals surface area (Å²) in [6, 6.07) is 1.24. The molecule has 0 aliphatic heterocycles. The molecule has 264 valence electrons. The van der Waals surface area contributed by atoms with Crippen molar-refractivity contribution >= 4 is 52.8 Å². The predicted octanol–water partition coefficient (Wildman–Crippen LogP) is -0.310. The average molecular weight is 674 g/mol. The summed E-state index contributed by atoms with van der Waals surface area (Å²) in [5.41, 5.74) is 13.0. The van der Waals surface area contributed by atoms with Gasteiger partial charge in [-0.15, -0.1) is 0 Å². The number of aromatic nitrogens is 1. The second-order valence-electron chi connectivity index (χ2n) is 12.0. The van der Waals surface area contributed by atoms with Crippen molar-refractivity contribution in [3.8, 4) is 0 Å². The molecule has 16 heteroatoms. The summed E-state index contributed by atoms with van der Waals surface area (Å²) in [5, 5.41) is 29.3. The van der Waals surface area contributed by atoms with Gasteiger partial charge in [0.2, 0.25) is 23.6 Å².